The van der Waals surface area contributed by atoms with Crippen molar-refractivity contribution in [3.05, 3.63) is 41.0 Å². The summed E-state index contributed by atoms with van der Waals surface area (Å²) in [5, 5.41) is 13.5. The van der Waals surface area contributed by atoms with Crippen molar-refractivity contribution in [2.45, 2.75) is 18.9 Å². The number of amides is 1. The summed E-state index contributed by atoms with van der Waals surface area (Å²) in [6.07, 6.45) is 1.95. The van der Waals surface area contributed by atoms with Crippen LogP contribution in [0.2, 0.25) is 5.02 Å². The first-order valence-electron chi connectivity index (χ1n) is 6.83. The summed E-state index contributed by atoms with van der Waals surface area (Å²) < 4.78 is 5.24. The monoisotopic (exact) mass is 306 g/mol. The van der Waals surface area contributed by atoms with E-state index < -0.39 is 0 Å². The lowest BCUT2D eigenvalue weighted by molar-refractivity contribution is 0.0697. The maximum Gasteiger partial charge on any atom is 0.276 e. The molecule has 1 fully saturated rings. The Morgan fingerprint density at radius 3 is 2.90 bits per heavy atom. The van der Waals surface area contributed by atoms with Crippen LogP contribution in [0.25, 0.3) is 11.3 Å². The van der Waals surface area contributed by atoms with Crippen LogP contribution >= 0.6 is 11.6 Å². The molecular weight excluding hydrogens is 292 g/mol. The van der Waals surface area contributed by atoms with Crippen LogP contribution in [0.5, 0.6) is 0 Å². The second kappa shape index (κ2) is 5.87. The van der Waals surface area contributed by atoms with Gasteiger partial charge >= 0.3 is 0 Å². The summed E-state index contributed by atoms with van der Waals surface area (Å²) in [7, 11) is 0. The zero-order chi connectivity index (χ0) is 14.8. The van der Waals surface area contributed by atoms with E-state index in [9.17, 15) is 4.79 Å². The first-order chi connectivity index (χ1) is 10.2. The lowest BCUT2D eigenvalue weighted by Crippen LogP contribution is -2.35. The van der Waals surface area contributed by atoms with Crippen LogP contribution in [0, 0.1) is 0 Å². The van der Waals surface area contributed by atoms with E-state index in [1.165, 1.54) is 0 Å². The molecule has 1 aromatic carbocycles. The Hall–Kier alpha value is -1.85. The largest absolute Gasteiger partial charge is 0.395 e. The minimum absolute atomic E-state index is 0.0543. The number of aliphatic hydroxyl groups is 1. The summed E-state index contributed by atoms with van der Waals surface area (Å²) in [5.41, 5.74) is 1.03. The van der Waals surface area contributed by atoms with Crippen molar-refractivity contribution < 1.29 is 14.4 Å². The maximum absolute atomic E-state index is 12.4. The first-order valence-corrected chi connectivity index (χ1v) is 7.21. The van der Waals surface area contributed by atoms with Gasteiger partial charge in [-0.15, -0.1) is 0 Å². The molecule has 0 bridgehead atoms. The molecule has 0 aliphatic heterocycles. The summed E-state index contributed by atoms with van der Waals surface area (Å²) in [6, 6.07) is 9.00. The van der Waals surface area contributed by atoms with E-state index in [0.29, 0.717) is 17.3 Å². The highest BCUT2D eigenvalue weighted by Crippen LogP contribution is 2.29. The van der Waals surface area contributed by atoms with Crippen molar-refractivity contribution in [2.75, 3.05) is 13.2 Å². The predicted molar refractivity (Wildman–Crippen MR) is 78.1 cm³/mol. The highest BCUT2D eigenvalue weighted by Gasteiger charge is 2.33. The number of rotatable bonds is 5. The molecule has 6 heteroatoms. The van der Waals surface area contributed by atoms with E-state index >= 15 is 0 Å². The minimum atomic E-state index is -0.205. The molecule has 5 nitrogen and oxygen atoms in total. The molecule has 1 N–H and O–H groups in total. The van der Waals surface area contributed by atoms with Crippen LogP contribution in [-0.2, 0) is 0 Å². The number of aromatic nitrogens is 1. The maximum atomic E-state index is 12.4. The fraction of sp³-hybridized carbons (Fsp3) is 0.333. The van der Waals surface area contributed by atoms with Crippen LogP contribution in [0.3, 0.4) is 0 Å². The Bertz CT molecular complexity index is 652. The average Bonchev–Trinajstić information content (AvgIpc) is 3.20. The van der Waals surface area contributed by atoms with Crippen molar-refractivity contribution in [3.63, 3.8) is 0 Å². The van der Waals surface area contributed by atoms with Gasteiger partial charge in [-0.3, -0.25) is 4.79 Å². The van der Waals surface area contributed by atoms with E-state index in [-0.39, 0.29) is 24.2 Å². The van der Waals surface area contributed by atoms with Gasteiger partial charge in [-0.2, -0.15) is 0 Å². The van der Waals surface area contributed by atoms with Crippen molar-refractivity contribution >= 4 is 17.5 Å². The quantitative estimate of drug-likeness (QED) is 0.922. The van der Waals surface area contributed by atoms with Gasteiger partial charge in [0, 0.05) is 29.2 Å². The van der Waals surface area contributed by atoms with Gasteiger partial charge in [-0.05, 0) is 25.0 Å². The number of hydrogen-bond donors (Lipinski definition) is 1. The number of nitrogens with zero attached hydrogens (tertiary/aromatic N) is 2. The average molecular weight is 307 g/mol. The third kappa shape index (κ3) is 3.09. The molecule has 0 atom stereocenters. The molecule has 110 valence electrons. The first kappa shape index (κ1) is 14.1. The van der Waals surface area contributed by atoms with Crippen molar-refractivity contribution in [2.24, 2.45) is 0 Å². The van der Waals surface area contributed by atoms with Gasteiger partial charge in [0.25, 0.3) is 5.91 Å². The van der Waals surface area contributed by atoms with E-state index in [1.54, 1.807) is 23.1 Å². The molecular formula is C15H15ClN2O3. The van der Waals surface area contributed by atoms with Gasteiger partial charge in [-0.1, -0.05) is 28.9 Å². The lowest BCUT2D eigenvalue weighted by Gasteiger charge is -2.19. The highest BCUT2D eigenvalue weighted by molar-refractivity contribution is 6.30. The Labute approximate surface area is 127 Å². The smallest absolute Gasteiger partial charge is 0.276 e. The molecule has 0 unspecified atom stereocenters. The summed E-state index contributed by atoms with van der Waals surface area (Å²) in [5.74, 6) is 0.296. The molecule has 2 aromatic rings. The van der Waals surface area contributed by atoms with Crippen LogP contribution in [0.1, 0.15) is 23.3 Å². The fourth-order valence-electron chi connectivity index (χ4n) is 2.24. The summed E-state index contributed by atoms with van der Waals surface area (Å²) in [4.78, 5) is 14.0. The number of hydrogen-bond acceptors (Lipinski definition) is 4. The van der Waals surface area contributed by atoms with Gasteiger partial charge in [0.15, 0.2) is 11.5 Å². The van der Waals surface area contributed by atoms with Gasteiger partial charge in [0.1, 0.15) is 0 Å². The third-order valence-corrected chi connectivity index (χ3v) is 3.66. The minimum Gasteiger partial charge on any atom is -0.395 e. The molecule has 0 radical (unpaired) electrons. The van der Waals surface area contributed by atoms with E-state index in [1.807, 2.05) is 12.1 Å². The van der Waals surface area contributed by atoms with Crippen molar-refractivity contribution in [3.8, 4) is 11.3 Å². The number of carbonyl (C=O) groups is 1. The number of aliphatic hydroxyl groups excluding tert-OH is 1. The second-order valence-corrected chi connectivity index (χ2v) is 5.48. The second-order valence-electron chi connectivity index (χ2n) is 5.04. The standard InChI is InChI=1S/C15H15ClN2O3/c16-11-3-1-2-10(8-11)14-9-13(17-21-14)15(20)18(6-7-19)12-4-5-12/h1-3,8-9,12,19H,4-7H2. The van der Waals surface area contributed by atoms with Gasteiger partial charge < -0.3 is 14.5 Å². The Morgan fingerprint density at radius 1 is 1.43 bits per heavy atom. The molecule has 1 aliphatic rings. The molecule has 1 aromatic heterocycles. The molecule has 1 saturated carbocycles. The number of benzene rings is 1. The van der Waals surface area contributed by atoms with E-state index in [0.717, 1.165) is 18.4 Å². The Morgan fingerprint density at radius 2 is 2.24 bits per heavy atom. The Kier molecular flexibility index (Phi) is 3.94. The van der Waals surface area contributed by atoms with Gasteiger partial charge in [0.2, 0.25) is 0 Å². The predicted octanol–water partition coefficient (Wildman–Crippen LogP) is 2.59. The lowest BCUT2D eigenvalue weighted by atomic mass is 10.1. The van der Waals surface area contributed by atoms with Gasteiger partial charge in [0.05, 0.1) is 6.61 Å². The topological polar surface area (TPSA) is 66.6 Å². The Balaban J connectivity index is 1.82. The van der Waals surface area contributed by atoms with E-state index in [4.69, 9.17) is 21.2 Å². The zero-order valence-corrected chi connectivity index (χ0v) is 12.1. The molecule has 0 saturated heterocycles. The molecule has 3 rings (SSSR count). The normalized spacial score (nSPS) is 14.2. The summed E-state index contributed by atoms with van der Waals surface area (Å²) in [6.45, 7) is 0.268. The molecule has 1 aliphatic carbocycles. The van der Waals surface area contributed by atoms with Crippen LogP contribution < -0.4 is 0 Å². The number of halogens is 1. The van der Waals surface area contributed by atoms with E-state index in [2.05, 4.69) is 5.16 Å². The summed E-state index contributed by atoms with van der Waals surface area (Å²) >= 11 is 5.94. The molecule has 21 heavy (non-hydrogen) atoms. The van der Waals surface area contributed by atoms with Crippen LogP contribution in [-0.4, -0.2) is 40.3 Å². The van der Waals surface area contributed by atoms with Crippen molar-refractivity contribution in [1.82, 2.24) is 10.1 Å². The van der Waals surface area contributed by atoms with Gasteiger partial charge in [-0.25, -0.2) is 0 Å². The number of carbonyl (C=O) groups excluding carboxylic acids is 1. The third-order valence-electron chi connectivity index (χ3n) is 3.43. The van der Waals surface area contributed by atoms with Crippen LogP contribution in [0.4, 0.5) is 0 Å². The highest BCUT2D eigenvalue weighted by atomic mass is 35.5. The molecule has 0 spiro atoms. The SMILES string of the molecule is O=C(c1cc(-c2cccc(Cl)c2)on1)N(CCO)C1CC1. The van der Waals surface area contributed by atoms with Crippen molar-refractivity contribution in [1.29, 1.82) is 0 Å². The van der Waals surface area contributed by atoms with Crippen LogP contribution in [0.15, 0.2) is 34.9 Å². The molecule has 1 amide bonds. The zero-order valence-electron chi connectivity index (χ0n) is 11.3. The fourth-order valence-corrected chi connectivity index (χ4v) is 2.44. The molecule has 1 heterocycles.